The van der Waals surface area contributed by atoms with Crippen LogP contribution in [0.25, 0.3) is 5.69 Å². The first-order valence-corrected chi connectivity index (χ1v) is 6.10. The molecule has 0 saturated carbocycles. The Morgan fingerprint density at radius 3 is 2.72 bits per heavy atom. The van der Waals surface area contributed by atoms with Crippen molar-refractivity contribution >= 4 is 0 Å². The molecule has 0 unspecified atom stereocenters. The maximum Gasteiger partial charge on any atom is 0.147 e. The Balaban J connectivity index is 2.23. The van der Waals surface area contributed by atoms with Gasteiger partial charge in [0.15, 0.2) is 0 Å². The number of hydrogen-bond donors (Lipinski definition) is 1. The van der Waals surface area contributed by atoms with E-state index in [1.165, 1.54) is 0 Å². The summed E-state index contributed by atoms with van der Waals surface area (Å²) in [5, 5.41) is 3.27. The van der Waals surface area contributed by atoms with Gasteiger partial charge in [0.25, 0.3) is 0 Å². The number of benzene rings is 1. The number of halogens is 1. The Kier molecular flexibility index (Phi) is 3.77. The first-order valence-electron chi connectivity index (χ1n) is 6.10. The van der Waals surface area contributed by atoms with Crippen molar-refractivity contribution in [3.63, 3.8) is 0 Å². The van der Waals surface area contributed by atoms with Gasteiger partial charge in [-0.1, -0.05) is 19.9 Å². The second kappa shape index (κ2) is 5.31. The minimum atomic E-state index is -0.223. The van der Waals surface area contributed by atoms with Gasteiger partial charge in [0.2, 0.25) is 0 Å². The summed E-state index contributed by atoms with van der Waals surface area (Å²) < 4.78 is 15.8. The molecule has 0 fully saturated rings. The van der Waals surface area contributed by atoms with Crippen LogP contribution >= 0.6 is 0 Å². The zero-order valence-electron chi connectivity index (χ0n) is 10.9. The number of nitrogens with one attached hydrogen (secondary N) is 1. The molecule has 0 aliphatic heterocycles. The first kappa shape index (κ1) is 12.8. The fourth-order valence-corrected chi connectivity index (χ4v) is 1.81. The lowest BCUT2D eigenvalue weighted by molar-refractivity contribution is 0.579. The lowest BCUT2D eigenvalue weighted by Crippen LogP contribution is -2.21. The topological polar surface area (TPSA) is 29.9 Å². The highest BCUT2D eigenvalue weighted by molar-refractivity contribution is 5.37. The van der Waals surface area contributed by atoms with Gasteiger partial charge in [0, 0.05) is 25.0 Å². The van der Waals surface area contributed by atoms with E-state index in [0.717, 1.165) is 11.4 Å². The maximum atomic E-state index is 14.0. The van der Waals surface area contributed by atoms with Crippen LogP contribution in [0.15, 0.2) is 30.6 Å². The Morgan fingerprint density at radius 2 is 2.17 bits per heavy atom. The predicted molar refractivity (Wildman–Crippen MR) is 70.2 cm³/mol. The van der Waals surface area contributed by atoms with Gasteiger partial charge in [0.1, 0.15) is 11.6 Å². The summed E-state index contributed by atoms with van der Waals surface area (Å²) in [5.74, 6) is 0.557. The van der Waals surface area contributed by atoms with Gasteiger partial charge >= 0.3 is 0 Å². The van der Waals surface area contributed by atoms with E-state index in [-0.39, 0.29) is 5.82 Å². The second-order valence-electron chi connectivity index (χ2n) is 4.67. The van der Waals surface area contributed by atoms with Crippen molar-refractivity contribution in [2.75, 3.05) is 0 Å². The lowest BCUT2D eigenvalue weighted by atomic mass is 10.2. The summed E-state index contributed by atoms with van der Waals surface area (Å²) in [4.78, 5) is 4.10. The van der Waals surface area contributed by atoms with Crippen molar-refractivity contribution in [2.24, 2.45) is 0 Å². The van der Waals surface area contributed by atoms with Crippen molar-refractivity contribution in [3.8, 4) is 5.69 Å². The van der Waals surface area contributed by atoms with E-state index >= 15 is 0 Å². The molecule has 1 aromatic carbocycles. The Bertz CT molecular complexity index is 532. The van der Waals surface area contributed by atoms with Crippen LogP contribution in [-0.2, 0) is 6.54 Å². The van der Waals surface area contributed by atoms with Gasteiger partial charge in [-0.05, 0) is 24.6 Å². The molecule has 96 valence electrons. The van der Waals surface area contributed by atoms with E-state index in [9.17, 15) is 4.39 Å². The van der Waals surface area contributed by atoms with Crippen LogP contribution in [-0.4, -0.2) is 15.6 Å². The molecule has 0 saturated heterocycles. The van der Waals surface area contributed by atoms with Crippen LogP contribution in [0.5, 0.6) is 0 Å². The SMILES string of the molecule is Cc1nccn1-c1ccc(CNC(C)C)cc1F. The number of nitrogens with zero attached hydrogens (tertiary/aromatic N) is 2. The van der Waals surface area contributed by atoms with E-state index in [2.05, 4.69) is 24.1 Å². The summed E-state index contributed by atoms with van der Waals surface area (Å²) in [6.45, 7) is 6.67. The molecular weight excluding hydrogens is 229 g/mol. The lowest BCUT2D eigenvalue weighted by Gasteiger charge is -2.11. The largest absolute Gasteiger partial charge is 0.310 e. The van der Waals surface area contributed by atoms with Crippen LogP contribution in [0.3, 0.4) is 0 Å². The summed E-state index contributed by atoms with van der Waals surface area (Å²) in [5.41, 5.74) is 1.49. The zero-order chi connectivity index (χ0) is 13.1. The standard InChI is InChI=1S/C14H18FN3/c1-10(2)17-9-12-4-5-14(13(15)8-12)18-7-6-16-11(18)3/h4-8,10,17H,9H2,1-3H3. The number of aryl methyl sites for hydroxylation is 1. The van der Waals surface area contributed by atoms with Crippen LogP contribution in [0.1, 0.15) is 25.2 Å². The van der Waals surface area contributed by atoms with Gasteiger partial charge in [-0.15, -0.1) is 0 Å². The highest BCUT2D eigenvalue weighted by Gasteiger charge is 2.07. The fraction of sp³-hybridized carbons (Fsp3) is 0.357. The summed E-state index contributed by atoms with van der Waals surface area (Å²) in [6, 6.07) is 5.70. The molecule has 3 nitrogen and oxygen atoms in total. The van der Waals surface area contributed by atoms with Gasteiger partial charge in [0.05, 0.1) is 5.69 Å². The van der Waals surface area contributed by atoms with Crippen LogP contribution in [0.4, 0.5) is 4.39 Å². The molecule has 2 rings (SSSR count). The summed E-state index contributed by atoms with van der Waals surface area (Å²) in [6.07, 6.45) is 3.43. The quantitative estimate of drug-likeness (QED) is 0.900. The number of rotatable bonds is 4. The third kappa shape index (κ3) is 2.76. The summed E-state index contributed by atoms with van der Waals surface area (Å²) >= 11 is 0. The van der Waals surface area contributed by atoms with Gasteiger partial charge < -0.3 is 9.88 Å². The molecular formula is C14H18FN3. The van der Waals surface area contributed by atoms with Crippen LogP contribution in [0, 0.1) is 12.7 Å². The highest BCUT2D eigenvalue weighted by atomic mass is 19.1. The molecule has 0 radical (unpaired) electrons. The van der Waals surface area contributed by atoms with E-state index < -0.39 is 0 Å². The summed E-state index contributed by atoms with van der Waals surface area (Å²) in [7, 11) is 0. The van der Waals surface area contributed by atoms with Gasteiger partial charge in [-0.2, -0.15) is 0 Å². The molecule has 0 bridgehead atoms. The van der Waals surface area contributed by atoms with Crippen molar-refractivity contribution in [3.05, 3.63) is 47.8 Å². The van der Waals surface area contributed by atoms with Crippen molar-refractivity contribution in [2.45, 2.75) is 33.4 Å². The number of imidazole rings is 1. The molecule has 0 aliphatic rings. The third-order valence-electron chi connectivity index (χ3n) is 2.81. The Labute approximate surface area is 107 Å². The van der Waals surface area contributed by atoms with E-state index in [0.29, 0.717) is 18.3 Å². The zero-order valence-corrected chi connectivity index (χ0v) is 10.9. The molecule has 1 aromatic heterocycles. The molecule has 1 N–H and O–H groups in total. The van der Waals surface area contributed by atoms with Gasteiger partial charge in [-0.3, -0.25) is 0 Å². The molecule has 1 heterocycles. The smallest absolute Gasteiger partial charge is 0.147 e. The molecule has 0 amide bonds. The second-order valence-corrected chi connectivity index (χ2v) is 4.67. The van der Waals surface area contributed by atoms with E-state index in [1.54, 1.807) is 29.1 Å². The molecule has 2 aromatic rings. The van der Waals surface area contributed by atoms with E-state index in [1.807, 2.05) is 13.0 Å². The average molecular weight is 247 g/mol. The van der Waals surface area contributed by atoms with Crippen LogP contribution in [0.2, 0.25) is 0 Å². The minimum Gasteiger partial charge on any atom is -0.310 e. The molecule has 0 spiro atoms. The first-order chi connectivity index (χ1) is 8.58. The number of hydrogen-bond acceptors (Lipinski definition) is 2. The minimum absolute atomic E-state index is 0.223. The van der Waals surface area contributed by atoms with Crippen LogP contribution < -0.4 is 5.32 Å². The molecule has 0 aliphatic carbocycles. The van der Waals surface area contributed by atoms with Crippen molar-refractivity contribution in [1.82, 2.24) is 14.9 Å². The monoisotopic (exact) mass is 247 g/mol. The van der Waals surface area contributed by atoms with E-state index in [4.69, 9.17) is 0 Å². The molecule has 0 atom stereocenters. The fourth-order valence-electron chi connectivity index (χ4n) is 1.81. The number of aromatic nitrogens is 2. The highest BCUT2D eigenvalue weighted by Crippen LogP contribution is 2.16. The molecule has 4 heteroatoms. The van der Waals surface area contributed by atoms with Gasteiger partial charge in [-0.25, -0.2) is 9.37 Å². The average Bonchev–Trinajstić information content (AvgIpc) is 2.73. The third-order valence-corrected chi connectivity index (χ3v) is 2.81. The van der Waals surface area contributed by atoms with Crippen molar-refractivity contribution in [1.29, 1.82) is 0 Å². The van der Waals surface area contributed by atoms with Crippen molar-refractivity contribution < 1.29 is 4.39 Å². The maximum absolute atomic E-state index is 14.0. The Hall–Kier alpha value is -1.68. The normalized spacial score (nSPS) is 11.2. The predicted octanol–water partition coefficient (Wildman–Crippen LogP) is 2.82. The Morgan fingerprint density at radius 1 is 1.39 bits per heavy atom. The molecule has 18 heavy (non-hydrogen) atoms.